The van der Waals surface area contributed by atoms with Gasteiger partial charge in [-0.1, -0.05) is 84.8 Å². The van der Waals surface area contributed by atoms with Crippen LogP contribution in [0.3, 0.4) is 0 Å². The third kappa shape index (κ3) is 5.08. The van der Waals surface area contributed by atoms with Crippen molar-refractivity contribution in [1.82, 2.24) is 10.6 Å². The van der Waals surface area contributed by atoms with Gasteiger partial charge < -0.3 is 20.5 Å². The Morgan fingerprint density at radius 1 is 0.882 bits per heavy atom. The Morgan fingerprint density at radius 3 is 2.09 bits per heavy atom. The molecular weight excluding hydrogens is 432 g/mol. The Hall–Kier alpha value is -4.57. The maximum Gasteiger partial charge on any atom is 0.408 e. The topological polar surface area (TPSA) is 105 Å². The van der Waals surface area contributed by atoms with Gasteiger partial charge in [0, 0.05) is 11.8 Å². The van der Waals surface area contributed by atoms with E-state index in [0.29, 0.717) is 5.56 Å². The summed E-state index contributed by atoms with van der Waals surface area (Å²) < 4.78 is 5.56. The molecule has 2 amide bonds. The first kappa shape index (κ1) is 22.6. The lowest BCUT2D eigenvalue weighted by molar-refractivity contribution is -0.130. The molecule has 0 saturated heterocycles. The molecule has 0 bridgehead atoms. The lowest BCUT2D eigenvalue weighted by Crippen LogP contribution is -2.41. The Kier molecular flexibility index (Phi) is 6.89. The summed E-state index contributed by atoms with van der Waals surface area (Å²) in [4.78, 5) is 35.9. The standard InChI is InChI=1S/C27H22N2O5/c30-24(31)15-8-16-28-26(32)25(18-9-2-1-3-10-18)29-27(33)34-17-23-21-13-6-4-11-19(21)20-12-5-7-14-22(20)23/h1-7,9-14,23,25H,16-17H2,(H,28,32)(H,29,33)(H,30,31)/t25-/m1/s1. The number of carboxylic acid groups (broad SMARTS) is 1. The van der Waals surface area contributed by atoms with Crippen LogP contribution < -0.4 is 10.6 Å². The van der Waals surface area contributed by atoms with Gasteiger partial charge in [0.15, 0.2) is 0 Å². The number of nitrogens with one attached hydrogen (secondary N) is 2. The maximum absolute atomic E-state index is 12.7. The first-order chi connectivity index (χ1) is 16.5. The van der Waals surface area contributed by atoms with Gasteiger partial charge in [-0.2, -0.15) is 0 Å². The summed E-state index contributed by atoms with van der Waals surface area (Å²) in [5.74, 6) is 2.34. The van der Waals surface area contributed by atoms with Crippen LogP contribution >= 0.6 is 0 Å². The quantitative estimate of drug-likeness (QED) is 0.495. The lowest BCUT2D eigenvalue weighted by atomic mass is 9.98. The summed E-state index contributed by atoms with van der Waals surface area (Å²) in [6.07, 6.45) is -0.734. The predicted octanol–water partition coefficient (Wildman–Crippen LogP) is 3.47. The van der Waals surface area contributed by atoms with Crippen molar-refractivity contribution in [3.8, 4) is 23.0 Å². The molecule has 4 rings (SSSR count). The third-order valence-corrected chi connectivity index (χ3v) is 5.55. The molecule has 3 aromatic rings. The van der Waals surface area contributed by atoms with Gasteiger partial charge in [0.2, 0.25) is 5.91 Å². The molecule has 0 radical (unpaired) electrons. The SMILES string of the molecule is O=C(O)C#CCNC(=O)[C@H](NC(=O)OCC1c2ccccc2-c2ccccc21)c1ccccc1. The molecule has 0 unspecified atom stereocenters. The van der Waals surface area contributed by atoms with Crippen LogP contribution in [0.2, 0.25) is 0 Å². The van der Waals surface area contributed by atoms with E-state index in [0.717, 1.165) is 22.3 Å². The fourth-order valence-corrected chi connectivity index (χ4v) is 4.06. The van der Waals surface area contributed by atoms with E-state index in [4.69, 9.17) is 9.84 Å². The number of ether oxygens (including phenoxy) is 1. The van der Waals surface area contributed by atoms with E-state index < -0.39 is 24.0 Å². The van der Waals surface area contributed by atoms with Crippen molar-refractivity contribution in [3.05, 3.63) is 95.6 Å². The van der Waals surface area contributed by atoms with Crippen molar-refractivity contribution in [2.45, 2.75) is 12.0 Å². The monoisotopic (exact) mass is 454 g/mol. The number of fused-ring (bicyclic) bond motifs is 3. The molecule has 1 aliphatic rings. The number of carboxylic acids is 1. The first-order valence-corrected chi connectivity index (χ1v) is 10.7. The average Bonchev–Trinajstić information content (AvgIpc) is 3.18. The Morgan fingerprint density at radius 2 is 1.47 bits per heavy atom. The Bertz CT molecular complexity index is 1230. The molecule has 170 valence electrons. The summed E-state index contributed by atoms with van der Waals surface area (Å²) in [5, 5.41) is 13.7. The molecule has 7 heteroatoms. The van der Waals surface area contributed by atoms with Crippen LogP contribution in [-0.4, -0.2) is 36.2 Å². The normalized spacial score (nSPS) is 12.4. The third-order valence-electron chi connectivity index (χ3n) is 5.55. The maximum atomic E-state index is 12.7. The minimum absolute atomic E-state index is 0.103. The van der Waals surface area contributed by atoms with Crippen molar-refractivity contribution in [1.29, 1.82) is 0 Å². The molecule has 0 aliphatic heterocycles. The molecule has 0 spiro atoms. The second-order valence-corrected chi connectivity index (χ2v) is 7.64. The van der Waals surface area contributed by atoms with E-state index in [1.165, 1.54) is 0 Å². The molecule has 3 aromatic carbocycles. The van der Waals surface area contributed by atoms with Crippen LogP contribution in [0.5, 0.6) is 0 Å². The van der Waals surface area contributed by atoms with Crippen molar-refractivity contribution >= 4 is 18.0 Å². The highest BCUT2D eigenvalue weighted by Crippen LogP contribution is 2.44. The zero-order valence-corrected chi connectivity index (χ0v) is 18.2. The summed E-state index contributed by atoms with van der Waals surface area (Å²) in [6.45, 7) is -0.0477. The molecule has 0 aromatic heterocycles. The van der Waals surface area contributed by atoms with Gasteiger partial charge in [0.05, 0.1) is 6.54 Å². The molecule has 3 N–H and O–H groups in total. The highest BCUT2D eigenvalue weighted by Gasteiger charge is 2.30. The fraction of sp³-hybridized carbons (Fsp3) is 0.148. The van der Waals surface area contributed by atoms with Crippen LogP contribution in [0.4, 0.5) is 4.79 Å². The minimum Gasteiger partial charge on any atom is -0.472 e. The summed E-state index contributed by atoms with van der Waals surface area (Å²) in [7, 11) is 0. The molecule has 0 heterocycles. The lowest BCUT2D eigenvalue weighted by Gasteiger charge is -2.19. The number of hydrogen-bond donors (Lipinski definition) is 3. The Balaban J connectivity index is 1.45. The molecule has 0 fully saturated rings. The van der Waals surface area contributed by atoms with Crippen LogP contribution in [-0.2, 0) is 14.3 Å². The number of amides is 2. The van der Waals surface area contributed by atoms with Crippen LogP contribution in [0.25, 0.3) is 11.1 Å². The largest absolute Gasteiger partial charge is 0.472 e. The minimum atomic E-state index is -1.29. The van der Waals surface area contributed by atoms with Crippen molar-refractivity contribution in [2.24, 2.45) is 0 Å². The van der Waals surface area contributed by atoms with E-state index >= 15 is 0 Å². The number of carbonyl (C=O) groups excluding carboxylic acids is 2. The second-order valence-electron chi connectivity index (χ2n) is 7.64. The van der Waals surface area contributed by atoms with Gasteiger partial charge in [-0.25, -0.2) is 9.59 Å². The van der Waals surface area contributed by atoms with Crippen LogP contribution in [0.15, 0.2) is 78.9 Å². The number of alkyl carbamates (subject to hydrolysis) is 1. The highest BCUT2D eigenvalue weighted by atomic mass is 16.5. The summed E-state index contributed by atoms with van der Waals surface area (Å²) in [5.41, 5.74) is 4.98. The molecule has 34 heavy (non-hydrogen) atoms. The zero-order chi connectivity index (χ0) is 23.9. The number of hydrogen-bond acceptors (Lipinski definition) is 4. The number of aliphatic carboxylic acids is 1. The van der Waals surface area contributed by atoms with E-state index in [1.54, 1.807) is 30.3 Å². The Labute approximate surface area is 196 Å². The number of carbonyl (C=O) groups is 3. The van der Waals surface area contributed by atoms with Crippen LogP contribution in [0.1, 0.15) is 28.7 Å². The van der Waals surface area contributed by atoms with E-state index in [-0.39, 0.29) is 19.1 Å². The van der Waals surface area contributed by atoms with Gasteiger partial charge in [-0.05, 0) is 27.8 Å². The van der Waals surface area contributed by atoms with Crippen molar-refractivity contribution < 1.29 is 24.2 Å². The molecule has 1 aliphatic carbocycles. The van der Waals surface area contributed by atoms with E-state index in [9.17, 15) is 14.4 Å². The van der Waals surface area contributed by atoms with E-state index in [2.05, 4.69) is 28.7 Å². The van der Waals surface area contributed by atoms with Gasteiger partial charge >= 0.3 is 12.1 Å². The average molecular weight is 454 g/mol. The highest BCUT2D eigenvalue weighted by molar-refractivity contribution is 5.88. The zero-order valence-electron chi connectivity index (χ0n) is 18.2. The molecule has 7 nitrogen and oxygen atoms in total. The fourth-order valence-electron chi connectivity index (χ4n) is 4.06. The predicted molar refractivity (Wildman–Crippen MR) is 126 cm³/mol. The van der Waals surface area contributed by atoms with Crippen molar-refractivity contribution in [2.75, 3.05) is 13.2 Å². The first-order valence-electron chi connectivity index (χ1n) is 10.7. The van der Waals surface area contributed by atoms with Crippen LogP contribution in [0, 0.1) is 11.8 Å². The van der Waals surface area contributed by atoms with Gasteiger partial charge in [-0.15, -0.1) is 0 Å². The van der Waals surface area contributed by atoms with Gasteiger partial charge in [0.1, 0.15) is 12.6 Å². The second kappa shape index (κ2) is 10.4. The molecule has 0 saturated carbocycles. The van der Waals surface area contributed by atoms with Crippen molar-refractivity contribution in [3.63, 3.8) is 0 Å². The summed E-state index contributed by atoms with van der Waals surface area (Å²) in [6, 6.07) is 23.7. The van der Waals surface area contributed by atoms with Gasteiger partial charge in [0.25, 0.3) is 0 Å². The smallest absolute Gasteiger partial charge is 0.408 e. The molecular formula is C27H22N2O5. The summed E-state index contributed by atoms with van der Waals surface area (Å²) >= 11 is 0. The number of benzene rings is 3. The molecule has 1 atom stereocenters. The number of rotatable bonds is 6. The van der Waals surface area contributed by atoms with E-state index in [1.807, 2.05) is 42.3 Å². The van der Waals surface area contributed by atoms with Gasteiger partial charge in [-0.3, -0.25) is 4.79 Å².